The number of carboxylic acid groups (broad SMARTS) is 1. The van der Waals surface area contributed by atoms with Gasteiger partial charge in [-0.25, -0.2) is 0 Å². The molecule has 1 aromatic heterocycles. The summed E-state index contributed by atoms with van der Waals surface area (Å²) in [6.45, 7) is 4.49. The van der Waals surface area contributed by atoms with E-state index < -0.39 is 11.2 Å². The lowest BCUT2D eigenvalue weighted by Gasteiger charge is -2.14. The number of aryl methyl sites for hydroxylation is 2. The van der Waals surface area contributed by atoms with Gasteiger partial charge in [0.25, 0.3) is 0 Å². The molecule has 0 N–H and O–H groups in total. The largest absolute Gasteiger partial charge is 0.549 e. The lowest BCUT2D eigenvalue weighted by Crippen LogP contribution is -2.31. The van der Waals surface area contributed by atoms with Crippen molar-refractivity contribution in [2.75, 3.05) is 0 Å². The van der Waals surface area contributed by atoms with Crippen LogP contribution in [0.4, 0.5) is 0 Å². The van der Waals surface area contributed by atoms with Crippen LogP contribution in [0.25, 0.3) is 0 Å². The van der Waals surface area contributed by atoms with E-state index >= 15 is 0 Å². The Morgan fingerprint density at radius 1 is 1.14 bits per heavy atom. The van der Waals surface area contributed by atoms with E-state index in [0.29, 0.717) is 17.5 Å². The Kier molecular flexibility index (Phi) is 6.71. The molecule has 0 saturated carbocycles. The minimum Gasteiger partial charge on any atom is -0.549 e. The molecule has 7 heteroatoms. The fourth-order valence-electron chi connectivity index (χ4n) is 2.61. The number of benzene rings is 2. The normalized spacial score (nSPS) is 11.9. The summed E-state index contributed by atoms with van der Waals surface area (Å²) in [5.41, 5.74) is 2.35. The minimum atomic E-state index is -1.12. The number of aliphatic carboxylic acids is 1. The topological polar surface area (TPSA) is 80.1 Å². The number of carboxylic acids is 1. The number of nitrogens with zero attached hydrogens (tertiary/aromatic N) is 3. The molecule has 28 heavy (non-hydrogen) atoms. The van der Waals surface area contributed by atoms with Crippen LogP contribution in [0.5, 0.6) is 5.75 Å². The van der Waals surface area contributed by atoms with Gasteiger partial charge >= 0.3 is 0 Å². The zero-order valence-corrected chi connectivity index (χ0v) is 16.7. The van der Waals surface area contributed by atoms with E-state index in [2.05, 4.69) is 22.3 Å². The molecule has 3 rings (SSSR count). The maximum Gasteiger partial charge on any atom is 0.191 e. The SMILES string of the molecule is Cc1ccc(OCc2nnc(S[C@H](C)C(=O)[O-])n2CCc2ccccc2)cc1. The summed E-state index contributed by atoms with van der Waals surface area (Å²) in [5, 5.41) is 19.4. The lowest BCUT2D eigenvalue weighted by atomic mass is 10.1. The number of aromatic nitrogens is 3. The first kappa shape index (κ1) is 19.9. The molecule has 0 amide bonds. The lowest BCUT2D eigenvalue weighted by molar-refractivity contribution is -0.304. The first-order chi connectivity index (χ1) is 13.5. The zero-order valence-electron chi connectivity index (χ0n) is 15.9. The van der Waals surface area contributed by atoms with Gasteiger partial charge in [-0.3, -0.25) is 0 Å². The molecule has 0 unspecified atom stereocenters. The number of carbonyl (C=O) groups is 1. The van der Waals surface area contributed by atoms with Gasteiger partial charge in [0.1, 0.15) is 12.4 Å². The third-order valence-electron chi connectivity index (χ3n) is 4.26. The first-order valence-corrected chi connectivity index (χ1v) is 9.94. The molecular weight excluding hydrogens is 374 g/mol. The summed E-state index contributed by atoms with van der Waals surface area (Å²) < 4.78 is 7.77. The maximum absolute atomic E-state index is 11.1. The minimum absolute atomic E-state index is 0.255. The van der Waals surface area contributed by atoms with Crippen molar-refractivity contribution in [3.05, 3.63) is 71.5 Å². The monoisotopic (exact) mass is 396 g/mol. The molecular formula is C21H22N3O3S-. The summed E-state index contributed by atoms with van der Waals surface area (Å²) in [5.74, 6) is 0.283. The fourth-order valence-corrected chi connectivity index (χ4v) is 3.44. The van der Waals surface area contributed by atoms with Gasteiger partial charge in [-0.1, -0.05) is 59.8 Å². The van der Waals surface area contributed by atoms with Crippen LogP contribution in [-0.2, 0) is 24.4 Å². The Hall–Kier alpha value is -2.80. The molecule has 0 aliphatic heterocycles. The molecule has 6 nitrogen and oxygen atoms in total. The molecule has 3 aromatic rings. The van der Waals surface area contributed by atoms with Crippen LogP contribution < -0.4 is 9.84 Å². The summed E-state index contributed by atoms with van der Waals surface area (Å²) >= 11 is 1.13. The van der Waals surface area contributed by atoms with E-state index in [1.807, 2.05) is 54.0 Å². The fraction of sp³-hybridized carbons (Fsp3) is 0.286. The highest BCUT2D eigenvalue weighted by atomic mass is 32.2. The Labute approximate surface area is 168 Å². The van der Waals surface area contributed by atoms with Crippen molar-refractivity contribution in [2.24, 2.45) is 0 Å². The summed E-state index contributed by atoms with van der Waals surface area (Å²) in [4.78, 5) is 11.1. The number of carbonyl (C=O) groups excluding carboxylic acids is 1. The number of hydrogen-bond acceptors (Lipinski definition) is 6. The van der Waals surface area contributed by atoms with Crippen molar-refractivity contribution < 1.29 is 14.6 Å². The maximum atomic E-state index is 11.1. The van der Waals surface area contributed by atoms with E-state index in [9.17, 15) is 9.90 Å². The predicted molar refractivity (Wildman–Crippen MR) is 106 cm³/mol. The van der Waals surface area contributed by atoms with Gasteiger partial charge in [-0.05, 0) is 38.0 Å². The average molecular weight is 396 g/mol. The summed E-state index contributed by atoms with van der Waals surface area (Å²) in [6.07, 6.45) is 0.781. The molecule has 1 atom stereocenters. The van der Waals surface area contributed by atoms with Crippen molar-refractivity contribution in [3.8, 4) is 5.75 Å². The Bertz CT molecular complexity index is 910. The van der Waals surface area contributed by atoms with Crippen LogP contribution in [0.15, 0.2) is 59.8 Å². The zero-order chi connectivity index (χ0) is 19.9. The van der Waals surface area contributed by atoms with Crippen molar-refractivity contribution in [1.29, 1.82) is 0 Å². The molecule has 0 bridgehead atoms. The van der Waals surface area contributed by atoms with Crippen molar-refractivity contribution in [1.82, 2.24) is 14.8 Å². The third kappa shape index (κ3) is 5.36. The van der Waals surface area contributed by atoms with Crippen LogP contribution in [-0.4, -0.2) is 26.0 Å². The third-order valence-corrected chi connectivity index (χ3v) is 5.32. The van der Waals surface area contributed by atoms with Crippen LogP contribution in [0.3, 0.4) is 0 Å². The smallest absolute Gasteiger partial charge is 0.191 e. The molecule has 0 aliphatic rings. The molecule has 0 fully saturated rings. The number of ether oxygens (including phenoxy) is 1. The molecule has 0 radical (unpaired) electrons. The van der Waals surface area contributed by atoms with Gasteiger partial charge in [-0.15, -0.1) is 10.2 Å². The van der Waals surface area contributed by atoms with Crippen molar-refractivity contribution in [2.45, 2.75) is 43.8 Å². The van der Waals surface area contributed by atoms with E-state index in [4.69, 9.17) is 4.74 Å². The standard InChI is InChI=1S/C21H23N3O3S/c1-15-8-10-18(11-9-15)27-14-19-22-23-21(28-16(2)20(25)26)24(19)13-12-17-6-4-3-5-7-17/h3-11,16H,12-14H2,1-2H3,(H,25,26)/p-1/t16-/m1/s1. The van der Waals surface area contributed by atoms with Crippen LogP contribution in [0, 0.1) is 6.92 Å². The first-order valence-electron chi connectivity index (χ1n) is 9.06. The number of thioether (sulfide) groups is 1. The van der Waals surface area contributed by atoms with Crippen molar-refractivity contribution >= 4 is 17.7 Å². The molecule has 146 valence electrons. The highest BCUT2D eigenvalue weighted by Gasteiger charge is 2.16. The molecule has 2 aromatic carbocycles. The molecule has 0 saturated heterocycles. The van der Waals surface area contributed by atoms with E-state index in [1.165, 1.54) is 5.56 Å². The van der Waals surface area contributed by atoms with E-state index in [-0.39, 0.29) is 6.61 Å². The second kappa shape index (κ2) is 9.41. The van der Waals surface area contributed by atoms with Crippen molar-refractivity contribution in [3.63, 3.8) is 0 Å². The molecule has 1 heterocycles. The van der Waals surface area contributed by atoms with E-state index in [0.717, 1.165) is 29.5 Å². The van der Waals surface area contributed by atoms with Gasteiger partial charge in [0.15, 0.2) is 11.0 Å². The van der Waals surface area contributed by atoms with Gasteiger partial charge in [0.05, 0.1) is 5.97 Å². The summed E-state index contributed by atoms with van der Waals surface area (Å²) in [6, 6.07) is 17.9. The number of rotatable bonds is 9. The van der Waals surface area contributed by atoms with Gasteiger partial charge < -0.3 is 19.2 Å². The van der Waals surface area contributed by atoms with Crippen LogP contribution in [0.2, 0.25) is 0 Å². The van der Waals surface area contributed by atoms with E-state index in [1.54, 1.807) is 6.92 Å². The second-order valence-corrected chi connectivity index (χ2v) is 7.77. The summed E-state index contributed by atoms with van der Waals surface area (Å²) in [7, 11) is 0. The van der Waals surface area contributed by atoms with Crippen LogP contribution >= 0.6 is 11.8 Å². The molecule has 0 spiro atoms. The van der Waals surface area contributed by atoms with Crippen LogP contribution in [0.1, 0.15) is 23.9 Å². The second-order valence-electron chi connectivity index (χ2n) is 6.47. The highest BCUT2D eigenvalue weighted by molar-refractivity contribution is 8.00. The Morgan fingerprint density at radius 2 is 1.86 bits per heavy atom. The van der Waals surface area contributed by atoms with Gasteiger partial charge in [-0.2, -0.15) is 0 Å². The van der Waals surface area contributed by atoms with Gasteiger partial charge in [0.2, 0.25) is 0 Å². The Morgan fingerprint density at radius 3 is 2.54 bits per heavy atom. The Balaban J connectivity index is 1.76. The quantitative estimate of drug-likeness (QED) is 0.517. The number of hydrogen-bond donors (Lipinski definition) is 0. The molecule has 0 aliphatic carbocycles. The average Bonchev–Trinajstić information content (AvgIpc) is 3.08. The highest BCUT2D eigenvalue weighted by Crippen LogP contribution is 2.23. The van der Waals surface area contributed by atoms with Gasteiger partial charge in [0, 0.05) is 11.8 Å². The predicted octanol–water partition coefficient (Wildman–Crippen LogP) is 2.64.